The number of benzene rings is 2. The summed E-state index contributed by atoms with van der Waals surface area (Å²) in [7, 11) is 0. The molecule has 0 spiro atoms. The van der Waals surface area contributed by atoms with Crippen molar-refractivity contribution in [2.45, 2.75) is 0 Å². The van der Waals surface area contributed by atoms with Crippen molar-refractivity contribution in [1.29, 1.82) is 0 Å². The van der Waals surface area contributed by atoms with Gasteiger partial charge in [0.1, 0.15) is 5.75 Å². The standard InChI is InChI=1S/C14H11NO2/c16-10-7-5-9(6-8-10)13-11-3-1-2-4-12(11)15-14(13)17/h1-8,15-17H. The topological polar surface area (TPSA) is 56.2 Å². The fraction of sp³-hybridized carbons (Fsp3) is 0. The summed E-state index contributed by atoms with van der Waals surface area (Å²) in [5.41, 5.74) is 2.53. The van der Waals surface area contributed by atoms with E-state index in [1.165, 1.54) is 0 Å². The van der Waals surface area contributed by atoms with Gasteiger partial charge in [0.25, 0.3) is 0 Å². The molecule has 0 radical (unpaired) electrons. The van der Waals surface area contributed by atoms with Gasteiger partial charge in [0.15, 0.2) is 5.88 Å². The van der Waals surface area contributed by atoms with Crippen LogP contribution in [0.4, 0.5) is 0 Å². The fourth-order valence-corrected chi connectivity index (χ4v) is 2.05. The van der Waals surface area contributed by atoms with Gasteiger partial charge in [-0.3, -0.25) is 0 Å². The molecule has 17 heavy (non-hydrogen) atoms. The van der Waals surface area contributed by atoms with Crippen LogP contribution in [0.3, 0.4) is 0 Å². The molecule has 3 N–H and O–H groups in total. The highest BCUT2D eigenvalue weighted by molar-refractivity contribution is 5.98. The summed E-state index contributed by atoms with van der Waals surface area (Å²) < 4.78 is 0. The minimum absolute atomic E-state index is 0.150. The number of aromatic hydroxyl groups is 2. The Kier molecular flexibility index (Phi) is 2.05. The van der Waals surface area contributed by atoms with Crippen LogP contribution in [0, 0.1) is 0 Å². The smallest absolute Gasteiger partial charge is 0.197 e. The van der Waals surface area contributed by atoms with Gasteiger partial charge in [-0.25, -0.2) is 0 Å². The molecule has 1 heterocycles. The van der Waals surface area contributed by atoms with Crippen LogP contribution in [0.1, 0.15) is 0 Å². The summed E-state index contributed by atoms with van der Waals surface area (Å²) in [6, 6.07) is 14.5. The first kappa shape index (κ1) is 9.78. The second-order valence-corrected chi connectivity index (χ2v) is 3.94. The number of aromatic nitrogens is 1. The average molecular weight is 225 g/mol. The maximum Gasteiger partial charge on any atom is 0.197 e. The van der Waals surface area contributed by atoms with Gasteiger partial charge in [-0.05, 0) is 23.8 Å². The van der Waals surface area contributed by atoms with E-state index >= 15 is 0 Å². The molecule has 0 atom stereocenters. The van der Waals surface area contributed by atoms with E-state index in [0.717, 1.165) is 22.0 Å². The first-order valence-electron chi connectivity index (χ1n) is 5.35. The highest BCUT2D eigenvalue weighted by Gasteiger charge is 2.11. The summed E-state index contributed by atoms with van der Waals surface area (Å²) in [6.07, 6.45) is 0. The van der Waals surface area contributed by atoms with E-state index < -0.39 is 0 Å². The molecular formula is C14H11NO2. The lowest BCUT2D eigenvalue weighted by Crippen LogP contribution is -1.75. The number of nitrogens with one attached hydrogen (secondary N) is 1. The molecule has 3 heteroatoms. The minimum atomic E-state index is 0.150. The molecule has 0 bridgehead atoms. The molecule has 84 valence electrons. The third-order valence-corrected chi connectivity index (χ3v) is 2.84. The van der Waals surface area contributed by atoms with Gasteiger partial charge >= 0.3 is 0 Å². The Morgan fingerprint density at radius 2 is 1.53 bits per heavy atom. The van der Waals surface area contributed by atoms with Crippen molar-refractivity contribution in [3.05, 3.63) is 48.5 Å². The second-order valence-electron chi connectivity index (χ2n) is 3.94. The lowest BCUT2D eigenvalue weighted by atomic mass is 10.0. The minimum Gasteiger partial charge on any atom is -0.508 e. The van der Waals surface area contributed by atoms with E-state index in [9.17, 15) is 10.2 Å². The highest BCUT2D eigenvalue weighted by atomic mass is 16.3. The van der Waals surface area contributed by atoms with E-state index in [4.69, 9.17) is 0 Å². The molecular weight excluding hydrogens is 214 g/mol. The van der Waals surface area contributed by atoms with E-state index in [-0.39, 0.29) is 11.6 Å². The zero-order chi connectivity index (χ0) is 11.8. The number of phenolic OH excluding ortho intramolecular Hbond substituents is 1. The molecule has 1 aromatic heterocycles. The molecule has 3 rings (SSSR count). The van der Waals surface area contributed by atoms with Crippen LogP contribution in [0.2, 0.25) is 0 Å². The maximum atomic E-state index is 9.94. The van der Waals surface area contributed by atoms with Crippen LogP contribution in [-0.2, 0) is 0 Å². The first-order chi connectivity index (χ1) is 8.25. The van der Waals surface area contributed by atoms with Gasteiger partial charge in [0.05, 0.1) is 5.56 Å². The predicted molar refractivity (Wildman–Crippen MR) is 67.1 cm³/mol. The summed E-state index contributed by atoms with van der Waals surface area (Å²) in [5, 5.41) is 20.2. The largest absolute Gasteiger partial charge is 0.508 e. The maximum absolute atomic E-state index is 9.94. The Morgan fingerprint density at radius 3 is 2.29 bits per heavy atom. The van der Waals surface area contributed by atoms with E-state index in [1.807, 2.05) is 24.3 Å². The summed E-state index contributed by atoms with van der Waals surface area (Å²) >= 11 is 0. The van der Waals surface area contributed by atoms with E-state index in [1.54, 1.807) is 24.3 Å². The van der Waals surface area contributed by atoms with Crippen molar-refractivity contribution in [3.63, 3.8) is 0 Å². The summed E-state index contributed by atoms with van der Waals surface area (Å²) in [6.45, 7) is 0. The Labute approximate surface area is 98.0 Å². The third-order valence-electron chi connectivity index (χ3n) is 2.84. The molecule has 0 aliphatic heterocycles. The van der Waals surface area contributed by atoms with Crippen molar-refractivity contribution in [3.8, 4) is 22.8 Å². The Hall–Kier alpha value is -2.42. The van der Waals surface area contributed by atoms with Crippen LogP contribution in [-0.4, -0.2) is 15.2 Å². The van der Waals surface area contributed by atoms with E-state index in [2.05, 4.69) is 4.98 Å². The molecule has 0 unspecified atom stereocenters. The SMILES string of the molecule is Oc1ccc(-c2c(O)[nH]c3ccccc23)cc1. The summed E-state index contributed by atoms with van der Waals surface area (Å²) in [4.78, 5) is 2.93. The van der Waals surface area contributed by atoms with Crippen LogP contribution in [0.25, 0.3) is 22.0 Å². The third kappa shape index (κ3) is 1.52. The Morgan fingerprint density at radius 1 is 0.824 bits per heavy atom. The lowest BCUT2D eigenvalue weighted by Gasteiger charge is -2.00. The molecule has 0 saturated heterocycles. The van der Waals surface area contributed by atoms with Gasteiger partial charge in [-0.2, -0.15) is 0 Å². The van der Waals surface area contributed by atoms with Crippen LogP contribution < -0.4 is 0 Å². The predicted octanol–water partition coefficient (Wildman–Crippen LogP) is 3.25. The molecule has 3 aromatic rings. The highest BCUT2D eigenvalue weighted by Crippen LogP contribution is 2.36. The number of H-pyrrole nitrogens is 1. The zero-order valence-corrected chi connectivity index (χ0v) is 9.01. The number of phenols is 1. The van der Waals surface area contributed by atoms with Crippen molar-refractivity contribution in [1.82, 2.24) is 4.98 Å². The monoisotopic (exact) mass is 225 g/mol. The quantitative estimate of drug-likeness (QED) is 0.595. The van der Waals surface area contributed by atoms with Crippen LogP contribution >= 0.6 is 0 Å². The normalized spacial score (nSPS) is 10.8. The molecule has 3 nitrogen and oxygen atoms in total. The van der Waals surface area contributed by atoms with Gasteiger partial charge in [-0.1, -0.05) is 30.3 Å². The average Bonchev–Trinajstić information content (AvgIpc) is 2.66. The lowest BCUT2D eigenvalue weighted by molar-refractivity contribution is 0.460. The van der Waals surface area contributed by atoms with Crippen molar-refractivity contribution < 1.29 is 10.2 Å². The number of hydrogen-bond donors (Lipinski definition) is 3. The van der Waals surface area contributed by atoms with Crippen LogP contribution in [0.15, 0.2) is 48.5 Å². The van der Waals surface area contributed by atoms with Gasteiger partial charge < -0.3 is 15.2 Å². The second kappa shape index (κ2) is 3.56. The number of fused-ring (bicyclic) bond motifs is 1. The molecule has 0 aliphatic carbocycles. The van der Waals surface area contributed by atoms with Crippen LogP contribution in [0.5, 0.6) is 11.6 Å². The fourth-order valence-electron chi connectivity index (χ4n) is 2.05. The molecule has 2 aromatic carbocycles. The Balaban J connectivity index is 2.29. The molecule has 0 saturated carbocycles. The number of aromatic amines is 1. The summed E-state index contributed by atoms with van der Waals surface area (Å²) in [5.74, 6) is 0.366. The number of rotatable bonds is 1. The first-order valence-corrected chi connectivity index (χ1v) is 5.35. The molecule has 0 aliphatic rings. The number of para-hydroxylation sites is 1. The molecule has 0 fully saturated rings. The number of hydrogen-bond acceptors (Lipinski definition) is 2. The molecule has 0 amide bonds. The van der Waals surface area contributed by atoms with Gasteiger partial charge in [-0.15, -0.1) is 0 Å². The van der Waals surface area contributed by atoms with E-state index in [0.29, 0.717) is 0 Å². The van der Waals surface area contributed by atoms with Gasteiger partial charge in [0, 0.05) is 10.9 Å². The Bertz CT molecular complexity index is 668. The van der Waals surface area contributed by atoms with Crippen molar-refractivity contribution in [2.24, 2.45) is 0 Å². The zero-order valence-electron chi connectivity index (χ0n) is 9.01. The van der Waals surface area contributed by atoms with Crippen molar-refractivity contribution >= 4 is 10.9 Å². The van der Waals surface area contributed by atoms with Gasteiger partial charge in [0.2, 0.25) is 0 Å². The van der Waals surface area contributed by atoms with Crippen molar-refractivity contribution in [2.75, 3.05) is 0 Å².